The number of ketones is 1. The third-order valence-electron chi connectivity index (χ3n) is 5.07. The highest BCUT2D eigenvalue weighted by Crippen LogP contribution is 2.28. The summed E-state index contributed by atoms with van der Waals surface area (Å²) in [4.78, 5) is 23.3. The lowest BCUT2D eigenvalue weighted by Crippen LogP contribution is -2.13. The highest BCUT2D eigenvalue weighted by molar-refractivity contribution is 6.01. The number of ether oxygens (including phenoxy) is 3. The Morgan fingerprint density at radius 2 is 1.82 bits per heavy atom. The number of rotatable bonds is 16. The van der Waals surface area contributed by atoms with E-state index in [0.717, 1.165) is 56.9 Å². The molecule has 0 saturated heterocycles. The van der Waals surface area contributed by atoms with Gasteiger partial charge in [-0.1, -0.05) is 43.9 Å². The molecule has 28 heavy (non-hydrogen) atoms. The maximum absolute atomic E-state index is 12.2. The van der Waals surface area contributed by atoms with Gasteiger partial charge in [-0.3, -0.25) is 9.59 Å². The van der Waals surface area contributed by atoms with Crippen molar-refractivity contribution in [2.24, 2.45) is 0 Å². The summed E-state index contributed by atoms with van der Waals surface area (Å²) >= 11 is 0. The lowest BCUT2D eigenvalue weighted by molar-refractivity contribution is -0.140. The van der Waals surface area contributed by atoms with Gasteiger partial charge in [0.25, 0.3) is 0 Å². The lowest BCUT2D eigenvalue weighted by Gasteiger charge is -2.12. The fourth-order valence-electron chi connectivity index (χ4n) is 3.36. The third-order valence-corrected chi connectivity index (χ3v) is 5.07. The van der Waals surface area contributed by atoms with Crippen LogP contribution in [-0.2, 0) is 23.8 Å². The van der Waals surface area contributed by atoms with E-state index in [1.54, 1.807) is 0 Å². The summed E-state index contributed by atoms with van der Waals surface area (Å²) in [6.45, 7) is 5.94. The van der Waals surface area contributed by atoms with Crippen molar-refractivity contribution in [3.05, 3.63) is 23.3 Å². The molecule has 1 aliphatic carbocycles. The summed E-state index contributed by atoms with van der Waals surface area (Å²) in [5.41, 5.74) is 2.19. The molecule has 0 aromatic heterocycles. The maximum atomic E-state index is 12.2. The molecular formula is C23H38O5. The van der Waals surface area contributed by atoms with Gasteiger partial charge in [0.2, 0.25) is 0 Å². The topological polar surface area (TPSA) is 61.8 Å². The van der Waals surface area contributed by atoms with Crippen molar-refractivity contribution < 1.29 is 23.8 Å². The van der Waals surface area contributed by atoms with E-state index in [4.69, 9.17) is 9.47 Å². The van der Waals surface area contributed by atoms with Gasteiger partial charge in [0.1, 0.15) is 0 Å². The molecule has 1 aliphatic rings. The van der Waals surface area contributed by atoms with Crippen molar-refractivity contribution >= 4 is 11.8 Å². The number of hydrogen-bond acceptors (Lipinski definition) is 5. The Kier molecular flexibility index (Phi) is 13.6. The summed E-state index contributed by atoms with van der Waals surface area (Å²) in [5, 5.41) is 0. The first-order valence-electron chi connectivity index (χ1n) is 10.8. The SMILES string of the molecule is CCOCCOC(/C=C/C1=C(CCCCCCCC(=O)OC)CCC1=O)CC. The maximum Gasteiger partial charge on any atom is 0.305 e. The van der Waals surface area contributed by atoms with Crippen LogP contribution in [0, 0.1) is 0 Å². The summed E-state index contributed by atoms with van der Waals surface area (Å²) in [5.74, 6) is 0.131. The number of esters is 1. The fraction of sp³-hybridized carbons (Fsp3) is 0.739. The van der Waals surface area contributed by atoms with Crippen LogP contribution < -0.4 is 0 Å². The van der Waals surface area contributed by atoms with Crippen LogP contribution in [0.4, 0.5) is 0 Å². The molecule has 0 spiro atoms. The molecule has 0 aromatic rings. The third kappa shape index (κ3) is 10.2. The Labute approximate surface area is 170 Å². The van der Waals surface area contributed by atoms with Crippen molar-refractivity contribution in [2.75, 3.05) is 26.9 Å². The number of hydrogen-bond donors (Lipinski definition) is 0. The fourth-order valence-corrected chi connectivity index (χ4v) is 3.36. The van der Waals surface area contributed by atoms with Gasteiger partial charge in [-0.25, -0.2) is 0 Å². The molecule has 0 radical (unpaired) electrons. The van der Waals surface area contributed by atoms with Crippen LogP contribution >= 0.6 is 0 Å². The predicted octanol–water partition coefficient (Wildman–Crippen LogP) is 4.94. The minimum absolute atomic E-state index is 0.0254. The van der Waals surface area contributed by atoms with E-state index < -0.39 is 0 Å². The molecule has 5 heteroatoms. The molecule has 0 fully saturated rings. The molecule has 0 bridgehead atoms. The molecule has 1 unspecified atom stereocenters. The molecule has 160 valence electrons. The van der Waals surface area contributed by atoms with Crippen LogP contribution in [0.3, 0.4) is 0 Å². The van der Waals surface area contributed by atoms with Gasteiger partial charge in [-0.2, -0.15) is 0 Å². The molecule has 0 aliphatic heterocycles. The van der Waals surface area contributed by atoms with E-state index in [1.807, 2.05) is 19.1 Å². The molecule has 0 amide bonds. The van der Waals surface area contributed by atoms with Crippen LogP contribution in [0.15, 0.2) is 23.3 Å². The summed E-state index contributed by atoms with van der Waals surface area (Å²) in [7, 11) is 1.43. The van der Waals surface area contributed by atoms with E-state index >= 15 is 0 Å². The normalized spacial score (nSPS) is 15.6. The molecule has 5 nitrogen and oxygen atoms in total. The summed E-state index contributed by atoms with van der Waals surface area (Å²) in [6.07, 6.45) is 13.2. The highest BCUT2D eigenvalue weighted by atomic mass is 16.5. The largest absolute Gasteiger partial charge is 0.469 e. The van der Waals surface area contributed by atoms with Crippen molar-refractivity contribution in [2.45, 2.75) is 84.2 Å². The van der Waals surface area contributed by atoms with Crippen LogP contribution in [0.5, 0.6) is 0 Å². The number of carbonyl (C=O) groups is 2. The average Bonchev–Trinajstić information content (AvgIpc) is 3.06. The second-order valence-corrected chi connectivity index (χ2v) is 7.16. The Hall–Kier alpha value is -1.46. The molecule has 0 heterocycles. The van der Waals surface area contributed by atoms with Crippen LogP contribution in [-0.4, -0.2) is 44.8 Å². The second-order valence-electron chi connectivity index (χ2n) is 7.16. The van der Waals surface area contributed by atoms with Gasteiger partial charge in [0.15, 0.2) is 5.78 Å². The van der Waals surface area contributed by atoms with E-state index in [9.17, 15) is 9.59 Å². The van der Waals surface area contributed by atoms with Crippen molar-refractivity contribution in [3.63, 3.8) is 0 Å². The van der Waals surface area contributed by atoms with Gasteiger partial charge in [0, 0.05) is 25.0 Å². The van der Waals surface area contributed by atoms with Gasteiger partial charge >= 0.3 is 5.97 Å². The molecule has 1 rings (SSSR count). The predicted molar refractivity (Wildman–Crippen MR) is 111 cm³/mol. The van der Waals surface area contributed by atoms with E-state index in [-0.39, 0.29) is 17.9 Å². The van der Waals surface area contributed by atoms with E-state index in [2.05, 4.69) is 11.7 Å². The standard InChI is InChI=1S/C23H38O5/c1-4-20(28-18-17-27-5-2)14-15-21-19(13-16-22(21)24)11-9-7-6-8-10-12-23(25)26-3/h14-15,20H,4-13,16-18H2,1-3H3/b15-14+. The smallest absolute Gasteiger partial charge is 0.305 e. The monoisotopic (exact) mass is 394 g/mol. The Balaban J connectivity index is 2.37. The zero-order valence-corrected chi connectivity index (χ0v) is 18.0. The lowest BCUT2D eigenvalue weighted by atomic mass is 10.0. The van der Waals surface area contributed by atoms with Crippen LogP contribution in [0.1, 0.15) is 78.1 Å². The van der Waals surface area contributed by atoms with Crippen molar-refractivity contribution in [1.82, 2.24) is 0 Å². The molecular weight excluding hydrogens is 356 g/mol. The van der Waals surface area contributed by atoms with Gasteiger partial charge in [-0.05, 0) is 39.0 Å². The number of allylic oxidation sites excluding steroid dienone is 3. The van der Waals surface area contributed by atoms with Crippen LogP contribution in [0.25, 0.3) is 0 Å². The quantitative estimate of drug-likeness (QED) is 0.274. The Morgan fingerprint density at radius 1 is 1.07 bits per heavy atom. The highest BCUT2D eigenvalue weighted by Gasteiger charge is 2.20. The number of methoxy groups -OCH3 is 1. The van der Waals surface area contributed by atoms with Gasteiger partial charge in [0.05, 0.1) is 26.4 Å². The van der Waals surface area contributed by atoms with Crippen molar-refractivity contribution in [1.29, 1.82) is 0 Å². The van der Waals surface area contributed by atoms with Gasteiger partial charge in [-0.15, -0.1) is 0 Å². The Bertz CT molecular complexity index is 521. The van der Waals surface area contributed by atoms with E-state index in [1.165, 1.54) is 12.7 Å². The van der Waals surface area contributed by atoms with Crippen LogP contribution in [0.2, 0.25) is 0 Å². The zero-order chi connectivity index (χ0) is 20.6. The second kappa shape index (κ2) is 15.5. The number of unbranched alkanes of at least 4 members (excludes halogenated alkanes) is 4. The minimum Gasteiger partial charge on any atom is -0.469 e. The van der Waals surface area contributed by atoms with Gasteiger partial charge < -0.3 is 14.2 Å². The minimum atomic E-state index is -0.127. The first-order valence-corrected chi connectivity index (χ1v) is 10.8. The number of Topliss-reactive ketones (excluding diaryl/α,β-unsaturated/α-hetero) is 1. The zero-order valence-electron chi connectivity index (χ0n) is 18.0. The molecule has 0 aromatic carbocycles. The van der Waals surface area contributed by atoms with Crippen molar-refractivity contribution in [3.8, 4) is 0 Å². The first kappa shape index (κ1) is 24.6. The van der Waals surface area contributed by atoms with E-state index in [0.29, 0.717) is 32.7 Å². The molecule has 0 N–H and O–H groups in total. The summed E-state index contributed by atoms with van der Waals surface area (Å²) in [6, 6.07) is 0. The molecule has 1 atom stereocenters. The molecule has 0 saturated carbocycles. The summed E-state index contributed by atoms with van der Waals surface area (Å²) < 4.78 is 15.8. The Morgan fingerprint density at radius 3 is 2.54 bits per heavy atom. The average molecular weight is 395 g/mol. The number of carbonyl (C=O) groups excluding carboxylic acids is 2. The first-order chi connectivity index (χ1) is 13.6.